The van der Waals surface area contributed by atoms with Crippen molar-refractivity contribution in [2.75, 3.05) is 5.32 Å². The molecule has 5 nitrogen and oxygen atoms in total. The molecule has 2 aromatic rings. The van der Waals surface area contributed by atoms with Crippen LogP contribution in [0.25, 0.3) is 0 Å². The molecule has 0 aliphatic heterocycles. The maximum Gasteiger partial charge on any atom is 0.231 e. The highest BCUT2D eigenvalue weighted by atomic mass is 19.1. The summed E-state index contributed by atoms with van der Waals surface area (Å²) >= 11 is 0. The van der Waals surface area contributed by atoms with E-state index in [9.17, 15) is 9.18 Å². The van der Waals surface area contributed by atoms with Gasteiger partial charge in [-0.25, -0.2) is 19.3 Å². The third kappa shape index (κ3) is 3.30. The Balaban J connectivity index is 1.96. The molecule has 0 aliphatic rings. The van der Waals surface area contributed by atoms with Gasteiger partial charge in [-0.1, -0.05) is 0 Å². The maximum atomic E-state index is 12.6. The summed E-state index contributed by atoms with van der Waals surface area (Å²) in [5, 5.41) is 2.54. The second kappa shape index (κ2) is 5.11. The summed E-state index contributed by atoms with van der Waals surface area (Å²) in [7, 11) is 0. The minimum atomic E-state index is -0.446. The van der Waals surface area contributed by atoms with Gasteiger partial charge in [-0.2, -0.15) is 0 Å². The van der Waals surface area contributed by atoms with Gasteiger partial charge in [-0.15, -0.1) is 0 Å². The molecule has 0 aliphatic carbocycles. The number of nitrogens with zero attached hydrogens (tertiary/aromatic N) is 3. The van der Waals surface area contributed by atoms with Crippen LogP contribution in [0.3, 0.4) is 0 Å². The molecule has 2 heterocycles. The molecule has 0 aromatic carbocycles. The van der Waals surface area contributed by atoms with Crippen molar-refractivity contribution in [3.63, 3.8) is 0 Å². The lowest BCUT2D eigenvalue weighted by Gasteiger charge is -2.03. The Morgan fingerprint density at radius 3 is 2.82 bits per heavy atom. The predicted molar refractivity (Wildman–Crippen MR) is 58.6 cm³/mol. The van der Waals surface area contributed by atoms with E-state index in [-0.39, 0.29) is 12.3 Å². The van der Waals surface area contributed by atoms with Gasteiger partial charge in [0.25, 0.3) is 0 Å². The van der Waals surface area contributed by atoms with E-state index in [1.54, 1.807) is 12.3 Å². The zero-order valence-electron chi connectivity index (χ0n) is 8.80. The van der Waals surface area contributed by atoms with Crippen LogP contribution in [0.15, 0.2) is 36.9 Å². The molecule has 0 saturated heterocycles. The van der Waals surface area contributed by atoms with Crippen LogP contribution < -0.4 is 5.32 Å². The van der Waals surface area contributed by atoms with Crippen molar-refractivity contribution in [3.8, 4) is 0 Å². The minimum absolute atomic E-state index is 0.127. The van der Waals surface area contributed by atoms with Crippen LogP contribution in [0.2, 0.25) is 0 Å². The summed E-state index contributed by atoms with van der Waals surface area (Å²) in [4.78, 5) is 23.0. The Morgan fingerprint density at radius 2 is 2.18 bits per heavy atom. The number of hydrogen-bond donors (Lipinski definition) is 1. The van der Waals surface area contributed by atoms with Gasteiger partial charge in [0, 0.05) is 6.20 Å². The first kappa shape index (κ1) is 11.1. The van der Waals surface area contributed by atoms with Crippen molar-refractivity contribution in [2.45, 2.75) is 6.42 Å². The summed E-state index contributed by atoms with van der Waals surface area (Å²) in [5.41, 5.74) is 0.611. The molecule has 2 rings (SSSR count). The predicted octanol–water partition coefficient (Wildman–Crippen LogP) is 1.19. The third-order valence-electron chi connectivity index (χ3n) is 1.98. The van der Waals surface area contributed by atoms with E-state index in [4.69, 9.17) is 0 Å². The number of hydrogen-bond acceptors (Lipinski definition) is 4. The second-order valence-corrected chi connectivity index (χ2v) is 3.29. The van der Waals surface area contributed by atoms with E-state index in [0.29, 0.717) is 11.5 Å². The third-order valence-corrected chi connectivity index (χ3v) is 1.98. The standard InChI is InChI=1S/C11H9FN4O/c12-8-1-2-10(14-6-8)16-11(17)5-9-3-4-13-7-15-9/h1-4,6-7H,5H2,(H,14,16,17). The molecule has 0 radical (unpaired) electrons. The lowest BCUT2D eigenvalue weighted by atomic mass is 10.3. The normalized spacial score (nSPS) is 9.94. The molecule has 0 fully saturated rings. The Bertz CT molecular complexity index is 501. The van der Waals surface area contributed by atoms with Crippen molar-refractivity contribution in [1.82, 2.24) is 15.0 Å². The first-order valence-corrected chi connectivity index (χ1v) is 4.90. The number of aromatic nitrogens is 3. The maximum absolute atomic E-state index is 12.6. The Kier molecular flexibility index (Phi) is 3.34. The molecule has 0 atom stereocenters. The Hall–Kier alpha value is -2.37. The molecular weight excluding hydrogens is 223 g/mol. The van der Waals surface area contributed by atoms with Gasteiger partial charge < -0.3 is 5.32 Å². The van der Waals surface area contributed by atoms with E-state index in [1.807, 2.05) is 0 Å². The number of nitrogens with one attached hydrogen (secondary N) is 1. The van der Waals surface area contributed by atoms with Gasteiger partial charge in [0.15, 0.2) is 0 Å². The number of carbonyl (C=O) groups is 1. The van der Waals surface area contributed by atoms with E-state index < -0.39 is 5.82 Å². The molecular formula is C11H9FN4O. The van der Waals surface area contributed by atoms with Crippen LogP contribution in [0.4, 0.5) is 10.2 Å². The highest BCUT2D eigenvalue weighted by Crippen LogP contribution is 2.04. The minimum Gasteiger partial charge on any atom is -0.310 e. The zero-order chi connectivity index (χ0) is 12.1. The summed E-state index contributed by atoms with van der Waals surface area (Å²) < 4.78 is 12.6. The van der Waals surface area contributed by atoms with Crippen molar-refractivity contribution in [2.24, 2.45) is 0 Å². The van der Waals surface area contributed by atoms with Crippen LogP contribution in [0.1, 0.15) is 5.69 Å². The van der Waals surface area contributed by atoms with Gasteiger partial charge in [0.05, 0.1) is 18.3 Å². The lowest BCUT2D eigenvalue weighted by molar-refractivity contribution is -0.115. The molecule has 0 unspecified atom stereocenters. The number of rotatable bonds is 3. The molecule has 0 bridgehead atoms. The second-order valence-electron chi connectivity index (χ2n) is 3.29. The van der Waals surface area contributed by atoms with E-state index in [0.717, 1.165) is 6.20 Å². The van der Waals surface area contributed by atoms with Crippen LogP contribution >= 0.6 is 0 Å². The average Bonchev–Trinajstić information content (AvgIpc) is 2.33. The molecule has 0 saturated carbocycles. The van der Waals surface area contributed by atoms with Crippen molar-refractivity contribution in [3.05, 3.63) is 48.4 Å². The molecule has 0 spiro atoms. The molecule has 1 N–H and O–H groups in total. The Labute approximate surface area is 96.8 Å². The van der Waals surface area contributed by atoms with Crippen LogP contribution in [0, 0.1) is 5.82 Å². The quantitative estimate of drug-likeness (QED) is 0.863. The van der Waals surface area contributed by atoms with Crippen molar-refractivity contribution >= 4 is 11.7 Å². The number of anilines is 1. The largest absolute Gasteiger partial charge is 0.310 e. The fourth-order valence-electron chi connectivity index (χ4n) is 1.22. The summed E-state index contributed by atoms with van der Waals surface area (Å²) in [5.74, 6) is -0.396. The van der Waals surface area contributed by atoms with Crippen LogP contribution in [-0.4, -0.2) is 20.9 Å². The smallest absolute Gasteiger partial charge is 0.231 e. The van der Waals surface area contributed by atoms with E-state index in [1.165, 1.54) is 18.5 Å². The first-order valence-electron chi connectivity index (χ1n) is 4.90. The van der Waals surface area contributed by atoms with E-state index >= 15 is 0 Å². The van der Waals surface area contributed by atoms with E-state index in [2.05, 4.69) is 20.3 Å². The summed E-state index contributed by atoms with van der Waals surface area (Å²) in [6.07, 6.45) is 4.10. The topological polar surface area (TPSA) is 67.8 Å². The molecule has 1 amide bonds. The van der Waals surface area contributed by atoms with Gasteiger partial charge >= 0.3 is 0 Å². The number of carbonyl (C=O) groups excluding carboxylic acids is 1. The summed E-state index contributed by atoms with van der Waals surface area (Å²) in [6, 6.07) is 4.28. The highest BCUT2D eigenvalue weighted by Gasteiger charge is 2.05. The fraction of sp³-hybridized carbons (Fsp3) is 0.0909. The van der Waals surface area contributed by atoms with Gasteiger partial charge in [0.1, 0.15) is 18.0 Å². The lowest BCUT2D eigenvalue weighted by Crippen LogP contribution is -2.16. The number of halogens is 1. The van der Waals surface area contributed by atoms with Crippen LogP contribution in [0.5, 0.6) is 0 Å². The molecule has 86 valence electrons. The average molecular weight is 232 g/mol. The zero-order valence-corrected chi connectivity index (χ0v) is 8.80. The van der Waals surface area contributed by atoms with Crippen molar-refractivity contribution in [1.29, 1.82) is 0 Å². The highest BCUT2D eigenvalue weighted by molar-refractivity contribution is 5.91. The molecule has 2 aromatic heterocycles. The molecule has 17 heavy (non-hydrogen) atoms. The number of amides is 1. The van der Waals surface area contributed by atoms with Gasteiger partial charge in [-0.3, -0.25) is 4.79 Å². The summed E-state index contributed by atoms with van der Waals surface area (Å²) in [6.45, 7) is 0. The molecule has 6 heteroatoms. The van der Waals surface area contributed by atoms with Gasteiger partial charge in [0.2, 0.25) is 5.91 Å². The van der Waals surface area contributed by atoms with Crippen molar-refractivity contribution < 1.29 is 9.18 Å². The van der Waals surface area contributed by atoms with Gasteiger partial charge in [-0.05, 0) is 18.2 Å². The van der Waals surface area contributed by atoms with Crippen LogP contribution in [-0.2, 0) is 11.2 Å². The SMILES string of the molecule is O=C(Cc1ccncn1)Nc1ccc(F)cn1. The first-order chi connectivity index (χ1) is 8.24. The monoisotopic (exact) mass is 232 g/mol. The fourth-order valence-corrected chi connectivity index (χ4v) is 1.22. The Morgan fingerprint density at radius 1 is 1.29 bits per heavy atom. The number of pyridine rings is 1.